The van der Waals surface area contributed by atoms with Crippen LogP contribution in [-0.2, 0) is 11.4 Å². The molecule has 2 aliphatic carbocycles. The van der Waals surface area contributed by atoms with E-state index in [0.29, 0.717) is 18.2 Å². The molecule has 0 aromatic carbocycles. The molecular formula is C15H24N4OS. The fourth-order valence-corrected chi connectivity index (χ4v) is 4.28. The Kier molecular flexibility index (Phi) is 3.63. The van der Waals surface area contributed by atoms with Gasteiger partial charge < -0.3 is 9.30 Å². The van der Waals surface area contributed by atoms with Crippen molar-refractivity contribution in [1.82, 2.24) is 19.2 Å². The topological polar surface area (TPSA) is 35.2 Å². The summed E-state index contributed by atoms with van der Waals surface area (Å²) >= 11 is 5.65. The Morgan fingerprint density at radius 1 is 1.24 bits per heavy atom. The van der Waals surface area contributed by atoms with Gasteiger partial charge in [0.15, 0.2) is 4.77 Å². The molecule has 21 heavy (non-hydrogen) atoms. The fourth-order valence-electron chi connectivity index (χ4n) is 3.90. The third-order valence-electron chi connectivity index (χ3n) is 5.12. The number of fused-ring (bicyclic) bond motifs is 1. The van der Waals surface area contributed by atoms with Gasteiger partial charge in [0.05, 0.1) is 19.4 Å². The van der Waals surface area contributed by atoms with E-state index in [0.717, 1.165) is 30.4 Å². The van der Waals surface area contributed by atoms with Gasteiger partial charge in [0.1, 0.15) is 5.82 Å². The average molecular weight is 308 g/mol. The highest BCUT2D eigenvalue weighted by Gasteiger charge is 2.35. The monoisotopic (exact) mass is 308 g/mol. The number of hydrogen-bond donors (Lipinski definition) is 0. The average Bonchev–Trinajstić information content (AvgIpc) is 3.27. The first kappa shape index (κ1) is 13.9. The SMILES string of the molecule is Cc1nn(CN2CCOC3CCCCC32)c(=S)n1C1CC1. The number of hydrogen-bond acceptors (Lipinski definition) is 4. The molecule has 2 unspecified atom stereocenters. The highest BCUT2D eigenvalue weighted by molar-refractivity contribution is 7.71. The number of aryl methyl sites for hydroxylation is 1. The van der Waals surface area contributed by atoms with Gasteiger partial charge in [-0.05, 0) is 44.8 Å². The fraction of sp³-hybridized carbons (Fsp3) is 0.867. The summed E-state index contributed by atoms with van der Waals surface area (Å²) in [7, 11) is 0. The van der Waals surface area contributed by atoms with Crippen molar-refractivity contribution in [3.8, 4) is 0 Å². The highest BCUT2D eigenvalue weighted by atomic mass is 32.1. The van der Waals surface area contributed by atoms with Gasteiger partial charge >= 0.3 is 0 Å². The molecule has 3 aliphatic rings. The van der Waals surface area contributed by atoms with Crippen molar-refractivity contribution >= 4 is 12.2 Å². The van der Waals surface area contributed by atoms with Gasteiger partial charge in [-0.1, -0.05) is 12.8 Å². The van der Waals surface area contributed by atoms with Gasteiger partial charge in [0.2, 0.25) is 0 Å². The van der Waals surface area contributed by atoms with Crippen LogP contribution < -0.4 is 0 Å². The van der Waals surface area contributed by atoms with Gasteiger partial charge in [-0.3, -0.25) is 4.90 Å². The minimum Gasteiger partial charge on any atom is -0.375 e. The number of ether oxygens (including phenoxy) is 1. The second-order valence-electron chi connectivity index (χ2n) is 6.65. The van der Waals surface area contributed by atoms with E-state index in [2.05, 4.69) is 16.4 Å². The lowest BCUT2D eigenvalue weighted by molar-refractivity contribution is -0.0994. The summed E-state index contributed by atoms with van der Waals surface area (Å²) in [6, 6.07) is 1.17. The summed E-state index contributed by atoms with van der Waals surface area (Å²) in [6.45, 7) is 4.74. The quantitative estimate of drug-likeness (QED) is 0.804. The van der Waals surface area contributed by atoms with E-state index in [1.807, 2.05) is 4.68 Å². The molecule has 116 valence electrons. The normalized spacial score (nSPS) is 30.3. The van der Waals surface area contributed by atoms with Crippen LogP contribution in [0.2, 0.25) is 0 Å². The summed E-state index contributed by atoms with van der Waals surface area (Å²) < 4.78 is 11.1. The zero-order valence-electron chi connectivity index (χ0n) is 12.7. The molecule has 6 heteroatoms. The first-order valence-corrected chi connectivity index (χ1v) is 8.66. The van der Waals surface area contributed by atoms with Gasteiger partial charge in [-0.2, -0.15) is 5.10 Å². The molecule has 1 saturated heterocycles. The zero-order valence-corrected chi connectivity index (χ0v) is 13.5. The second kappa shape index (κ2) is 5.48. The molecule has 1 aromatic rings. The van der Waals surface area contributed by atoms with Crippen LogP contribution >= 0.6 is 12.2 Å². The summed E-state index contributed by atoms with van der Waals surface area (Å²) in [5.74, 6) is 1.07. The molecule has 2 saturated carbocycles. The molecule has 0 spiro atoms. The van der Waals surface area contributed by atoms with E-state index < -0.39 is 0 Å². The molecule has 0 N–H and O–H groups in total. The van der Waals surface area contributed by atoms with Gasteiger partial charge in [0.25, 0.3) is 0 Å². The maximum Gasteiger partial charge on any atom is 0.199 e. The van der Waals surface area contributed by atoms with Crippen LogP contribution in [0.5, 0.6) is 0 Å². The minimum atomic E-state index is 0.424. The van der Waals surface area contributed by atoms with Crippen LogP contribution in [0.15, 0.2) is 0 Å². The molecule has 0 amide bonds. The van der Waals surface area contributed by atoms with Crippen molar-refractivity contribution in [2.75, 3.05) is 13.2 Å². The zero-order chi connectivity index (χ0) is 14.4. The van der Waals surface area contributed by atoms with Crippen molar-refractivity contribution in [1.29, 1.82) is 0 Å². The Morgan fingerprint density at radius 2 is 2.05 bits per heavy atom. The van der Waals surface area contributed by atoms with E-state index in [4.69, 9.17) is 22.1 Å². The van der Waals surface area contributed by atoms with Crippen molar-refractivity contribution in [2.24, 2.45) is 0 Å². The number of morpholine rings is 1. The van der Waals surface area contributed by atoms with Crippen LogP contribution in [0.3, 0.4) is 0 Å². The second-order valence-corrected chi connectivity index (χ2v) is 7.01. The number of nitrogens with zero attached hydrogens (tertiary/aromatic N) is 4. The lowest BCUT2D eigenvalue weighted by atomic mass is 9.90. The Bertz CT molecular complexity index is 575. The van der Waals surface area contributed by atoms with Crippen LogP contribution in [-0.4, -0.2) is 44.5 Å². The lowest BCUT2D eigenvalue weighted by Crippen LogP contribution is -2.52. The maximum absolute atomic E-state index is 5.95. The molecule has 2 heterocycles. The maximum atomic E-state index is 5.95. The molecule has 0 bridgehead atoms. The first-order chi connectivity index (χ1) is 10.2. The summed E-state index contributed by atoms with van der Waals surface area (Å²) in [4.78, 5) is 2.53. The number of aromatic nitrogens is 3. The van der Waals surface area contributed by atoms with Crippen LogP contribution in [0.4, 0.5) is 0 Å². The molecule has 3 fully saturated rings. The summed E-state index contributed by atoms with van der Waals surface area (Å²) in [5.41, 5.74) is 0. The molecule has 4 rings (SSSR count). The van der Waals surface area contributed by atoms with Crippen molar-refractivity contribution in [3.63, 3.8) is 0 Å². The summed E-state index contributed by atoms with van der Waals surface area (Å²) in [6.07, 6.45) is 8.02. The molecular weight excluding hydrogens is 284 g/mol. The highest BCUT2D eigenvalue weighted by Crippen LogP contribution is 2.36. The predicted octanol–water partition coefficient (Wildman–Crippen LogP) is 2.66. The molecule has 1 aliphatic heterocycles. The van der Waals surface area contributed by atoms with E-state index >= 15 is 0 Å². The third-order valence-corrected chi connectivity index (χ3v) is 5.52. The van der Waals surface area contributed by atoms with Crippen LogP contribution in [0, 0.1) is 11.7 Å². The third kappa shape index (κ3) is 2.58. The molecule has 2 atom stereocenters. The Balaban J connectivity index is 1.55. The van der Waals surface area contributed by atoms with E-state index in [-0.39, 0.29) is 0 Å². The molecule has 0 radical (unpaired) electrons. The van der Waals surface area contributed by atoms with Crippen LogP contribution in [0.25, 0.3) is 0 Å². The van der Waals surface area contributed by atoms with Crippen molar-refractivity contribution in [3.05, 3.63) is 10.6 Å². The Morgan fingerprint density at radius 3 is 2.86 bits per heavy atom. The Hall–Kier alpha value is -0.720. The van der Waals surface area contributed by atoms with Crippen molar-refractivity contribution < 1.29 is 4.74 Å². The number of rotatable bonds is 3. The summed E-state index contributed by atoms with van der Waals surface area (Å²) in [5, 5.41) is 4.70. The van der Waals surface area contributed by atoms with E-state index in [9.17, 15) is 0 Å². The van der Waals surface area contributed by atoms with E-state index in [1.54, 1.807) is 0 Å². The lowest BCUT2D eigenvalue weighted by Gasteiger charge is -2.43. The smallest absolute Gasteiger partial charge is 0.199 e. The van der Waals surface area contributed by atoms with Crippen molar-refractivity contribution in [2.45, 2.75) is 70.3 Å². The predicted molar refractivity (Wildman–Crippen MR) is 82.8 cm³/mol. The standard InChI is InChI=1S/C15H24N4OS/c1-11-16-18(15(21)19(11)12-6-7-12)10-17-8-9-20-14-5-3-2-4-13(14)17/h12-14H,2-10H2,1H3. The largest absolute Gasteiger partial charge is 0.375 e. The van der Waals surface area contributed by atoms with E-state index in [1.165, 1.54) is 38.5 Å². The van der Waals surface area contributed by atoms with Gasteiger partial charge in [-0.15, -0.1) is 0 Å². The molecule has 1 aromatic heterocycles. The van der Waals surface area contributed by atoms with Crippen LogP contribution in [0.1, 0.15) is 50.4 Å². The minimum absolute atomic E-state index is 0.424. The first-order valence-electron chi connectivity index (χ1n) is 8.25. The molecule has 5 nitrogen and oxygen atoms in total. The van der Waals surface area contributed by atoms with Gasteiger partial charge in [-0.25, -0.2) is 4.68 Å². The Labute approximate surface area is 130 Å². The van der Waals surface area contributed by atoms with Gasteiger partial charge in [0, 0.05) is 18.6 Å².